The number of aromatic nitrogens is 3. The van der Waals surface area contributed by atoms with Gasteiger partial charge >= 0.3 is 5.97 Å². The van der Waals surface area contributed by atoms with Crippen LogP contribution in [0.4, 0.5) is 0 Å². The molecule has 0 amide bonds. The van der Waals surface area contributed by atoms with Crippen LogP contribution in [0.15, 0.2) is 35.3 Å². The molecule has 1 aromatic carbocycles. The highest BCUT2D eigenvalue weighted by Crippen LogP contribution is 2.16. The van der Waals surface area contributed by atoms with Crippen LogP contribution in [0.2, 0.25) is 0 Å². The zero-order valence-electron chi connectivity index (χ0n) is 9.49. The number of aryl methyl sites for hydroxylation is 1. The van der Waals surface area contributed by atoms with Crippen LogP contribution in [0.25, 0.3) is 16.8 Å². The molecule has 0 aliphatic carbocycles. The van der Waals surface area contributed by atoms with E-state index in [-0.39, 0.29) is 5.56 Å². The Morgan fingerprint density at radius 3 is 2.61 bits per heavy atom. The fraction of sp³-hybridized carbons (Fsp3) is 0.0833. The fourth-order valence-electron chi connectivity index (χ4n) is 2.09. The Balaban J connectivity index is 2.63. The van der Waals surface area contributed by atoms with Gasteiger partial charge in [0.15, 0.2) is 0 Å². The lowest BCUT2D eigenvalue weighted by atomic mass is 10.3. The second-order valence-corrected chi connectivity index (χ2v) is 3.97. The van der Waals surface area contributed by atoms with E-state index in [1.54, 1.807) is 23.7 Å². The maximum absolute atomic E-state index is 12.1. The van der Waals surface area contributed by atoms with Gasteiger partial charge in [0.05, 0.1) is 17.2 Å². The summed E-state index contributed by atoms with van der Waals surface area (Å²) in [5, 5.41) is 8.94. The number of hydrogen-bond donors (Lipinski definition) is 1. The summed E-state index contributed by atoms with van der Waals surface area (Å²) in [7, 11) is 1.78. The van der Waals surface area contributed by atoms with Gasteiger partial charge in [0, 0.05) is 7.05 Å². The lowest BCUT2D eigenvalue weighted by Gasteiger charge is -1.97. The molecule has 90 valence electrons. The number of benzene rings is 1. The van der Waals surface area contributed by atoms with Gasteiger partial charge in [-0.05, 0) is 12.1 Å². The Morgan fingerprint density at radius 2 is 1.94 bits per heavy atom. The molecule has 0 unspecified atom stereocenters. The van der Waals surface area contributed by atoms with Crippen LogP contribution in [0.3, 0.4) is 0 Å². The van der Waals surface area contributed by atoms with Crippen LogP contribution in [0.5, 0.6) is 0 Å². The first-order valence-corrected chi connectivity index (χ1v) is 5.29. The van der Waals surface area contributed by atoms with E-state index in [1.807, 2.05) is 12.1 Å². The van der Waals surface area contributed by atoms with Crippen LogP contribution < -0.4 is 5.56 Å². The standard InChI is InChI=1S/C12H9N3O3/c1-14-8-4-2-3-5-9(8)15-10(16)7(11(17)18)6-13-12(14)15/h2-6H,1H3,(H,17,18). The quantitative estimate of drug-likeness (QED) is 0.688. The molecule has 2 aromatic heterocycles. The Morgan fingerprint density at radius 1 is 1.28 bits per heavy atom. The number of carbonyl (C=O) groups is 1. The highest BCUT2D eigenvalue weighted by molar-refractivity contribution is 5.88. The van der Waals surface area contributed by atoms with Crippen LogP contribution in [0.1, 0.15) is 10.4 Å². The lowest BCUT2D eigenvalue weighted by Crippen LogP contribution is -2.22. The first kappa shape index (κ1) is 10.5. The third-order valence-corrected chi connectivity index (χ3v) is 2.96. The molecular formula is C12H9N3O3. The van der Waals surface area contributed by atoms with Crippen molar-refractivity contribution in [1.29, 1.82) is 0 Å². The topological polar surface area (TPSA) is 76.6 Å². The van der Waals surface area contributed by atoms with Gasteiger partial charge in [-0.15, -0.1) is 0 Å². The number of fused-ring (bicyclic) bond motifs is 3. The van der Waals surface area contributed by atoms with E-state index in [4.69, 9.17) is 5.11 Å². The van der Waals surface area contributed by atoms with E-state index < -0.39 is 11.5 Å². The van der Waals surface area contributed by atoms with Crippen molar-refractivity contribution in [3.05, 3.63) is 46.4 Å². The molecular weight excluding hydrogens is 234 g/mol. The highest BCUT2D eigenvalue weighted by atomic mass is 16.4. The third-order valence-electron chi connectivity index (χ3n) is 2.96. The summed E-state index contributed by atoms with van der Waals surface area (Å²) in [5.41, 5.74) is 0.577. The normalized spacial score (nSPS) is 11.2. The Labute approximate surface area is 101 Å². The minimum absolute atomic E-state index is 0.330. The molecule has 0 saturated heterocycles. The van der Waals surface area contributed by atoms with Gasteiger partial charge in [-0.3, -0.25) is 4.79 Å². The maximum Gasteiger partial charge on any atom is 0.342 e. The van der Waals surface area contributed by atoms with Crippen LogP contribution in [-0.2, 0) is 7.05 Å². The van der Waals surface area contributed by atoms with Gasteiger partial charge in [0.1, 0.15) is 5.56 Å². The predicted molar refractivity (Wildman–Crippen MR) is 64.9 cm³/mol. The smallest absolute Gasteiger partial charge is 0.342 e. The summed E-state index contributed by atoms with van der Waals surface area (Å²) in [6, 6.07) is 7.26. The molecule has 0 bridgehead atoms. The Bertz CT molecular complexity index is 845. The van der Waals surface area contributed by atoms with Crippen molar-refractivity contribution in [2.75, 3.05) is 0 Å². The van der Waals surface area contributed by atoms with E-state index in [9.17, 15) is 9.59 Å². The molecule has 1 N–H and O–H groups in total. The van der Waals surface area contributed by atoms with Crippen molar-refractivity contribution in [3.8, 4) is 0 Å². The Hall–Kier alpha value is -2.63. The molecule has 6 heteroatoms. The van der Waals surface area contributed by atoms with Crippen molar-refractivity contribution in [2.24, 2.45) is 7.05 Å². The zero-order chi connectivity index (χ0) is 12.9. The van der Waals surface area contributed by atoms with Gasteiger partial charge in [-0.1, -0.05) is 12.1 Å². The van der Waals surface area contributed by atoms with Crippen molar-refractivity contribution < 1.29 is 9.90 Å². The Kier molecular flexibility index (Phi) is 2.00. The first-order chi connectivity index (χ1) is 8.61. The zero-order valence-corrected chi connectivity index (χ0v) is 9.49. The molecule has 6 nitrogen and oxygen atoms in total. The van der Waals surface area contributed by atoms with Gasteiger partial charge < -0.3 is 9.67 Å². The number of aromatic carboxylic acids is 1. The van der Waals surface area contributed by atoms with Crippen molar-refractivity contribution in [2.45, 2.75) is 0 Å². The molecule has 2 heterocycles. The number of nitrogens with zero attached hydrogens (tertiary/aromatic N) is 3. The first-order valence-electron chi connectivity index (χ1n) is 5.29. The van der Waals surface area contributed by atoms with E-state index in [0.717, 1.165) is 11.7 Å². The molecule has 0 aliphatic heterocycles. The van der Waals surface area contributed by atoms with Crippen molar-refractivity contribution in [3.63, 3.8) is 0 Å². The van der Waals surface area contributed by atoms with Crippen LogP contribution in [-0.4, -0.2) is 25.0 Å². The minimum atomic E-state index is -1.27. The van der Waals surface area contributed by atoms with Gasteiger partial charge in [-0.2, -0.15) is 0 Å². The summed E-state index contributed by atoms with van der Waals surface area (Å²) in [4.78, 5) is 27.1. The third kappa shape index (κ3) is 1.20. The number of imidazole rings is 1. The number of hydrogen-bond acceptors (Lipinski definition) is 3. The average molecular weight is 243 g/mol. The van der Waals surface area contributed by atoms with Gasteiger partial charge in [-0.25, -0.2) is 14.2 Å². The summed E-state index contributed by atoms with van der Waals surface area (Å²) in [6.07, 6.45) is 1.10. The summed E-state index contributed by atoms with van der Waals surface area (Å²) < 4.78 is 3.07. The van der Waals surface area contributed by atoms with E-state index >= 15 is 0 Å². The molecule has 0 fully saturated rings. The average Bonchev–Trinajstić information content (AvgIpc) is 2.65. The monoisotopic (exact) mass is 243 g/mol. The molecule has 0 atom stereocenters. The van der Waals surface area contributed by atoms with E-state index in [0.29, 0.717) is 11.3 Å². The summed E-state index contributed by atoms with van der Waals surface area (Å²) >= 11 is 0. The molecule has 18 heavy (non-hydrogen) atoms. The summed E-state index contributed by atoms with van der Waals surface area (Å²) in [6.45, 7) is 0. The number of para-hydroxylation sites is 2. The molecule has 3 aromatic rings. The largest absolute Gasteiger partial charge is 0.477 e. The molecule has 0 aliphatic rings. The molecule has 0 radical (unpaired) electrons. The number of carboxylic acids is 1. The number of carboxylic acid groups (broad SMARTS) is 1. The minimum Gasteiger partial charge on any atom is -0.477 e. The second-order valence-electron chi connectivity index (χ2n) is 3.97. The molecule has 0 saturated carbocycles. The molecule has 3 rings (SSSR count). The number of rotatable bonds is 1. The second kappa shape index (κ2) is 3.43. The van der Waals surface area contributed by atoms with Gasteiger partial charge in [0.2, 0.25) is 5.78 Å². The lowest BCUT2D eigenvalue weighted by molar-refractivity contribution is 0.0694. The van der Waals surface area contributed by atoms with Crippen molar-refractivity contribution in [1.82, 2.24) is 14.0 Å². The predicted octanol–water partition coefficient (Wildman–Crippen LogP) is 0.884. The van der Waals surface area contributed by atoms with E-state index in [1.165, 1.54) is 4.40 Å². The van der Waals surface area contributed by atoms with Gasteiger partial charge in [0.25, 0.3) is 5.56 Å². The van der Waals surface area contributed by atoms with Crippen LogP contribution in [0, 0.1) is 0 Å². The highest BCUT2D eigenvalue weighted by Gasteiger charge is 2.16. The molecule has 0 spiro atoms. The fourth-order valence-corrected chi connectivity index (χ4v) is 2.09. The SMILES string of the molecule is Cn1c2ccccc2n2c(=O)c(C(=O)O)cnc12. The van der Waals surface area contributed by atoms with E-state index in [2.05, 4.69) is 4.98 Å². The van der Waals surface area contributed by atoms with Crippen LogP contribution >= 0.6 is 0 Å². The van der Waals surface area contributed by atoms with Crippen molar-refractivity contribution >= 4 is 22.8 Å². The summed E-state index contributed by atoms with van der Waals surface area (Å²) in [5.74, 6) is -0.846. The maximum atomic E-state index is 12.1.